The molecule has 0 aliphatic carbocycles. The second-order valence-corrected chi connectivity index (χ2v) is 10.8. The fourth-order valence-corrected chi connectivity index (χ4v) is 7.04. The Morgan fingerprint density at radius 2 is 1.00 bits per heavy atom. The Morgan fingerprint density at radius 3 is 1.63 bits per heavy atom. The lowest BCUT2D eigenvalue weighted by atomic mass is 9.92. The Hall–Kier alpha value is -3.73. The van der Waals surface area contributed by atoms with Gasteiger partial charge < -0.3 is 0 Å². The molecule has 0 bridgehead atoms. The summed E-state index contributed by atoms with van der Waals surface area (Å²) >= 11 is 0. The molecule has 35 heavy (non-hydrogen) atoms. The van der Waals surface area contributed by atoms with E-state index in [0.29, 0.717) is 0 Å². The summed E-state index contributed by atoms with van der Waals surface area (Å²) < 4.78 is 0. The molecule has 5 aromatic rings. The number of hydrogen-bond donors (Lipinski definition) is 0. The van der Waals surface area contributed by atoms with E-state index in [1.807, 2.05) is 0 Å². The van der Waals surface area contributed by atoms with Gasteiger partial charge in [-0.05, 0) is 64.5 Å². The Morgan fingerprint density at radius 1 is 0.514 bits per heavy atom. The molecule has 0 atom stereocenters. The monoisotopic (exact) mass is 468 g/mol. The van der Waals surface area contributed by atoms with Crippen molar-refractivity contribution in [2.75, 3.05) is 0 Å². The first-order chi connectivity index (χ1) is 17.3. The number of benzene rings is 5. The lowest BCUT2D eigenvalue weighted by Gasteiger charge is -2.23. The average Bonchev–Trinajstić information content (AvgIpc) is 2.94. The second-order valence-electron chi connectivity index (χ2n) is 8.66. The van der Waals surface area contributed by atoms with E-state index < -0.39 is 7.92 Å². The Labute approximate surface area is 210 Å². The maximum Gasteiger partial charge on any atom is -0.00724 e. The summed E-state index contributed by atoms with van der Waals surface area (Å²) in [5, 5.41) is 4.10. The van der Waals surface area contributed by atoms with Crippen LogP contribution >= 0.6 is 7.92 Å². The topological polar surface area (TPSA) is 0 Å². The lowest BCUT2D eigenvalue weighted by molar-refractivity contribution is 1.02. The molecule has 5 aromatic carbocycles. The number of allylic oxidation sites excluding steroid dienone is 1. The largest absolute Gasteiger partial charge is 0.0952 e. The Balaban J connectivity index is 1.57. The van der Waals surface area contributed by atoms with Gasteiger partial charge in [-0.1, -0.05) is 146 Å². The number of aryl methyl sites for hydroxylation is 1. The molecule has 0 unspecified atom stereocenters. The van der Waals surface area contributed by atoms with Gasteiger partial charge >= 0.3 is 0 Å². The SMILES string of the molecule is C=C(CCc1ccccc1)c1ccccc1-c1ccccc1P(c1ccccc1)c1ccccc1. The molecule has 0 aromatic heterocycles. The molecule has 0 amide bonds. The van der Waals surface area contributed by atoms with Gasteiger partial charge in [0.1, 0.15) is 0 Å². The van der Waals surface area contributed by atoms with Crippen LogP contribution in [0, 0.1) is 0 Å². The summed E-state index contributed by atoms with van der Waals surface area (Å²) in [5.74, 6) is 0. The van der Waals surface area contributed by atoms with Crippen LogP contribution in [0.2, 0.25) is 0 Å². The van der Waals surface area contributed by atoms with E-state index in [4.69, 9.17) is 0 Å². The van der Waals surface area contributed by atoms with Crippen LogP contribution in [0.5, 0.6) is 0 Å². The van der Waals surface area contributed by atoms with Crippen molar-refractivity contribution in [3.05, 3.63) is 157 Å². The first-order valence-corrected chi connectivity index (χ1v) is 13.5. The summed E-state index contributed by atoms with van der Waals surface area (Å²) in [5.41, 5.74) is 6.33. The zero-order valence-corrected chi connectivity index (χ0v) is 20.7. The van der Waals surface area contributed by atoms with Gasteiger partial charge in [-0.25, -0.2) is 0 Å². The molecule has 0 fully saturated rings. The molecule has 0 saturated heterocycles. The summed E-state index contributed by atoms with van der Waals surface area (Å²) in [4.78, 5) is 0. The lowest BCUT2D eigenvalue weighted by Crippen LogP contribution is -2.22. The third-order valence-corrected chi connectivity index (χ3v) is 8.83. The molecule has 0 saturated carbocycles. The third kappa shape index (κ3) is 5.35. The first kappa shape index (κ1) is 23.0. The molecule has 0 radical (unpaired) electrons. The smallest absolute Gasteiger partial charge is 0.00724 e. The van der Waals surface area contributed by atoms with Crippen molar-refractivity contribution < 1.29 is 0 Å². The minimum absolute atomic E-state index is 0.696. The highest BCUT2D eigenvalue weighted by atomic mass is 31.1. The summed E-state index contributed by atoms with van der Waals surface area (Å²) in [7, 11) is -0.696. The van der Waals surface area contributed by atoms with Gasteiger partial charge in [-0.15, -0.1) is 0 Å². The normalized spacial score (nSPS) is 10.9. The van der Waals surface area contributed by atoms with Crippen LogP contribution in [-0.4, -0.2) is 0 Å². The van der Waals surface area contributed by atoms with E-state index >= 15 is 0 Å². The molecule has 5 rings (SSSR count). The highest BCUT2D eigenvalue weighted by Crippen LogP contribution is 2.39. The van der Waals surface area contributed by atoms with Gasteiger partial charge in [0, 0.05) is 0 Å². The molecule has 1 heteroatoms. The van der Waals surface area contributed by atoms with Crippen molar-refractivity contribution in [3.8, 4) is 11.1 Å². The number of rotatable bonds is 8. The predicted molar refractivity (Wildman–Crippen MR) is 154 cm³/mol. The third-order valence-electron chi connectivity index (χ3n) is 6.33. The van der Waals surface area contributed by atoms with E-state index in [-0.39, 0.29) is 0 Å². The van der Waals surface area contributed by atoms with Gasteiger partial charge in [0.2, 0.25) is 0 Å². The standard InChI is InChI=1S/C34H29P/c1-27(25-26-28-15-5-2-6-16-28)31-21-11-12-22-32(31)33-23-13-14-24-34(33)35(29-17-7-3-8-18-29)30-19-9-4-10-20-30/h2-24H,1,25-26H2. The fourth-order valence-electron chi connectivity index (χ4n) is 4.58. The van der Waals surface area contributed by atoms with E-state index in [1.165, 1.54) is 43.7 Å². The maximum atomic E-state index is 4.52. The van der Waals surface area contributed by atoms with Crippen LogP contribution in [0.3, 0.4) is 0 Å². The zero-order valence-electron chi connectivity index (χ0n) is 19.8. The predicted octanol–water partition coefficient (Wildman–Crippen LogP) is 7.76. The molecular formula is C34H29P. The summed E-state index contributed by atoms with van der Waals surface area (Å²) in [6, 6.07) is 50.2. The van der Waals surface area contributed by atoms with Crippen LogP contribution in [-0.2, 0) is 6.42 Å². The molecule has 0 heterocycles. The van der Waals surface area contributed by atoms with E-state index in [1.54, 1.807) is 0 Å². The molecule has 0 nitrogen and oxygen atoms in total. The van der Waals surface area contributed by atoms with Gasteiger partial charge in [-0.2, -0.15) is 0 Å². The van der Waals surface area contributed by atoms with Crippen molar-refractivity contribution in [2.24, 2.45) is 0 Å². The van der Waals surface area contributed by atoms with Crippen molar-refractivity contribution in [1.29, 1.82) is 0 Å². The van der Waals surface area contributed by atoms with Crippen LogP contribution < -0.4 is 15.9 Å². The Bertz CT molecular complexity index is 1350. The molecule has 0 aliphatic rings. The van der Waals surface area contributed by atoms with Crippen molar-refractivity contribution in [3.63, 3.8) is 0 Å². The van der Waals surface area contributed by atoms with Gasteiger partial charge in [0.05, 0.1) is 0 Å². The maximum absolute atomic E-state index is 4.52. The van der Waals surface area contributed by atoms with E-state index in [2.05, 4.69) is 146 Å². The van der Waals surface area contributed by atoms with Crippen molar-refractivity contribution in [1.82, 2.24) is 0 Å². The minimum atomic E-state index is -0.696. The highest BCUT2D eigenvalue weighted by Gasteiger charge is 2.21. The van der Waals surface area contributed by atoms with E-state index in [9.17, 15) is 0 Å². The number of hydrogen-bond acceptors (Lipinski definition) is 0. The van der Waals surface area contributed by atoms with Gasteiger partial charge in [-0.3, -0.25) is 0 Å². The quantitative estimate of drug-likeness (QED) is 0.204. The first-order valence-electron chi connectivity index (χ1n) is 12.1. The molecular weight excluding hydrogens is 439 g/mol. The van der Waals surface area contributed by atoms with E-state index in [0.717, 1.165) is 12.8 Å². The van der Waals surface area contributed by atoms with Crippen LogP contribution in [0.15, 0.2) is 146 Å². The fraction of sp³-hybridized carbons (Fsp3) is 0.0588. The average molecular weight is 469 g/mol. The molecule has 0 N–H and O–H groups in total. The Kier molecular flexibility index (Phi) is 7.32. The van der Waals surface area contributed by atoms with Crippen LogP contribution in [0.4, 0.5) is 0 Å². The van der Waals surface area contributed by atoms with Gasteiger partial charge in [0.15, 0.2) is 0 Å². The van der Waals surface area contributed by atoms with Gasteiger partial charge in [0.25, 0.3) is 0 Å². The summed E-state index contributed by atoms with van der Waals surface area (Å²) in [6.07, 6.45) is 1.94. The van der Waals surface area contributed by atoms with Crippen molar-refractivity contribution >= 4 is 29.4 Å². The minimum Gasteiger partial charge on any atom is -0.0952 e. The second kappa shape index (κ2) is 11.1. The summed E-state index contributed by atoms with van der Waals surface area (Å²) in [6.45, 7) is 4.52. The van der Waals surface area contributed by atoms with Crippen molar-refractivity contribution in [2.45, 2.75) is 12.8 Å². The zero-order chi connectivity index (χ0) is 23.9. The molecule has 0 spiro atoms. The highest BCUT2D eigenvalue weighted by molar-refractivity contribution is 7.80. The van der Waals surface area contributed by atoms with Crippen LogP contribution in [0.1, 0.15) is 17.5 Å². The molecule has 170 valence electrons. The molecule has 0 aliphatic heterocycles. The van der Waals surface area contributed by atoms with Crippen LogP contribution in [0.25, 0.3) is 16.7 Å².